The van der Waals surface area contributed by atoms with Gasteiger partial charge in [0.15, 0.2) is 14.9 Å². The molecule has 1 aromatic rings. The molecule has 3 heterocycles. The van der Waals surface area contributed by atoms with Gasteiger partial charge < -0.3 is 19.1 Å². The minimum atomic E-state index is -3.29. The van der Waals surface area contributed by atoms with Crippen molar-refractivity contribution in [2.75, 3.05) is 0 Å². The number of carbonyl (C=O) groups excluding carboxylic acids is 1. The summed E-state index contributed by atoms with van der Waals surface area (Å²) in [7, 11) is -3.29. The monoisotopic (exact) mass is 520 g/mol. The predicted octanol–water partition coefficient (Wildman–Crippen LogP) is 4.96. The Balaban J connectivity index is 1.09. The standard InChI is InChI=1S/C27H40N2O6S/c1-17-24(13-14-25(28-17)36(31,32)23-11-12-23)34-21-9-7-20(8-10-21)33-22-15-18-5-6-19(16-22)29(18)26(30)35-27(2,3)4/h13-14,18-23H,5-12,15-16H2,1-4H3/t18-,19+,20?,21?,22?. The summed E-state index contributed by atoms with van der Waals surface area (Å²) < 4.78 is 43.3. The fourth-order valence-corrected chi connectivity index (χ4v) is 7.57. The van der Waals surface area contributed by atoms with Crippen LogP contribution < -0.4 is 4.74 Å². The number of hydrogen-bond acceptors (Lipinski definition) is 7. The van der Waals surface area contributed by atoms with Gasteiger partial charge in [-0.2, -0.15) is 0 Å². The third kappa shape index (κ3) is 5.67. The second-order valence-corrected chi connectivity index (χ2v) is 14.2. The van der Waals surface area contributed by atoms with Crippen molar-refractivity contribution >= 4 is 15.9 Å². The number of amides is 1. The van der Waals surface area contributed by atoms with Crippen LogP contribution in [-0.4, -0.2) is 65.6 Å². The van der Waals surface area contributed by atoms with E-state index >= 15 is 0 Å². The molecule has 2 aliphatic heterocycles. The van der Waals surface area contributed by atoms with Crippen LogP contribution in [0.25, 0.3) is 0 Å². The van der Waals surface area contributed by atoms with Crippen molar-refractivity contribution in [3.05, 3.63) is 17.8 Å². The van der Waals surface area contributed by atoms with E-state index in [1.807, 2.05) is 32.6 Å². The molecule has 8 nitrogen and oxygen atoms in total. The van der Waals surface area contributed by atoms with Crippen LogP contribution in [0, 0.1) is 6.92 Å². The Kier molecular flexibility index (Phi) is 7.00. The molecule has 1 amide bonds. The Hall–Kier alpha value is -1.87. The van der Waals surface area contributed by atoms with Gasteiger partial charge in [-0.25, -0.2) is 18.2 Å². The first kappa shape index (κ1) is 25.8. The molecule has 2 bridgehead atoms. The van der Waals surface area contributed by atoms with E-state index in [9.17, 15) is 13.2 Å². The summed E-state index contributed by atoms with van der Waals surface area (Å²) in [6, 6.07) is 3.77. The second-order valence-electron chi connectivity index (χ2n) is 12.0. The number of aromatic nitrogens is 1. The number of pyridine rings is 1. The van der Waals surface area contributed by atoms with Gasteiger partial charge in [0.1, 0.15) is 11.4 Å². The molecule has 9 heteroatoms. The zero-order valence-electron chi connectivity index (χ0n) is 21.9. The van der Waals surface area contributed by atoms with Crippen LogP contribution in [0.5, 0.6) is 5.75 Å². The maximum Gasteiger partial charge on any atom is 0.410 e. The van der Waals surface area contributed by atoms with E-state index in [2.05, 4.69) is 4.98 Å². The lowest BCUT2D eigenvalue weighted by Gasteiger charge is -2.41. The van der Waals surface area contributed by atoms with Crippen molar-refractivity contribution in [2.45, 2.75) is 138 Å². The minimum Gasteiger partial charge on any atom is -0.489 e. The highest BCUT2D eigenvalue weighted by Gasteiger charge is 2.46. The number of sulfone groups is 1. The summed E-state index contributed by atoms with van der Waals surface area (Å²) in [5, 5.41) is -0.0928. The van der Waals surface area contributed by atoms with E-state index in [4.69, 9.17) is 14.2 Å². The van der Waals surface area contributed by atoms with Gasteiger partial charge in [-0.1, -0.05) is 0 Å². The lowest BCUT2D eigenvalue weighted by Crippen LogP contribution is -2.50. The van der Waals surface area contributed by atoms with Crippen molar-refractivity contribution in [3.63, 3.8) is 0 Å². The second kappa shape index (κ2) is 9.78. The minimum absolute atomic E-state index is 0.0847. The number of nitrogens with zero attached hydrogens (tertiary/aromatic N) is 2. The van der Waals surface area contributed by atoms with Crippen LogP contribution in [0.1, 0.15) is 90.7 Å². The summed E-state index contributed by atoms with van der Waals surface area (Å²) in [5.41, 5.74) is 0.150. The average molecular weight is 521 g/mol. The lowest BCUT2D eigenvalue weighted by atomic mass is 9.93. The highest BCUT2D eigenvalue weighted by molar-refractivity contribution is 7.92. The zero-order chi connectivity index (χ0) is 25.7. The van der Waals surface area contributed by atoms with Gasteiger partial charge in [0, 0.05) is 12.1 Å². The number of fused-ring (bicyclic) bond motifs is 2. The Morgan fingerprint density at radius 2 is 1.53 bits per heavy atom. The molecule has 0 N–H and O–H groups in total. The molecule has 1 aromatic heterocycles. The zero-order valence-corrected chi connectivity index (χ0v) is 22.8. The molecule has 200 valence electrons. The van der Waals surface area contributed by atoms with Crippen molar-refractivity contribution < 1.29 is 27.4 Å². The van der Waals surface area contributed by atoms with Crippen LogP contribution in [0.3, 0.4) is 0 Å². The van der Waals surface area contributed by atoms with Crippen molar-refractivity contribution in [1.29, 1.82) is 0 Å². The quantitative estimate of drug-likeness (QED) is 0.523. The average Bonchev–Trinajstić information content (AvgIpc) is 3.61. The summed E-state index contributed by atoms with van der Waals surface area (Å²) in [6.45, 7) is 7.55. The Morgan fingerprint density at radius 3 is 2.08 bits per heavy atom. The third-order valence-corrected chi connectivity index (χ3v) is 10.0. The van der Waals surface area contributed by atoms with Crippen LogP contribution in [-0.2, 0) is 19.3 Å². The molecule has 5 rings (SSSR count). The van der Waals surface area contributed by atoms with E-state index in [0.29, 0.717) is 11.4 Å². The van der Waals surface area contributed by atoms with E-state index in [0.717, 1.165) is 64.2 Å². The summed E-state index contributed by atoms with van der Waals surface area (Å²) in [4.78, 5) is 19.0. The molecule has 2 aliphatic carbocycles. The number of carbonyl (C=O) groups is 1. The fraction of sp³-hybridized carbons (Fsp3) is 0.778. The first-order valence-corrected chi connectivity index (χ1v) is 15.1. The number of aryl methyl sites for hydroxylation is 1. The van der Waals surface area contributed by atoms with Crippen molar-refractivity contribution in [1.82, 2.24) is 9.88 Å². The molecule has 0 spiro atoms. The van der Waals surface area contributed by atoms with Crippen molar-refractivity contribution in [2.24, 2.45) is 0 Å². The molecule has 1 unspecified atom stereocenters. The molecule has 36 heavy (non-hydrogen) atoms. The first-order chi connectivity index (χ1) is 17.0. The molecule has 0 radical (unpaired) electrons. The highest BCUT2D eigenvalue weighted by atomic mass is 32.2. The Bertz CT molecular complexity index is 1060. The highest BCUT2D eigenvalue weighted by Crippen LogP contribution is 2.39. The predicted molar refractivity (Wildman–Crippen MR) is 135 cm³/mol. The van der Waals surface area contributed by atoms with Gasteiger partial charge in [0.2, 0.25) is 0 Å². The molecule has 3 atom stereocenters. The first-order valence-electron chi connectivity index (χ1n) is 13.5. The summed E-state index contributed by atoms with van der Waals surface area (Å²) >= 11 is 0. The number of hydrogen-bond donors (Lipinski definition) is 0. The third-order valence-electron chi connectivity index (χ3n) is 7.86. The van der Waals surface area contributed by atoms with Gasteiger partial charge in [-0.15, -0.1) is 0 Å². The summed E-state index contributed by atoms with van der Waals surface area (Å²) in [6.07, 6.45) is 9.26. The molecule has 2 saturated heterocycles. The molecule has 4 fully saturated rings. The topological polar surface area (TPSA) is 95.0 Å². The van der Waals surface area contributed by atoms with E-state index in [1.54, 1.807) is 12.1 Å². The molecule has 0 aromatic carbocycles. The maximum absolute atomic E-state index is 12.7. The smallest absolute Gasteiger partial charge is 0.410 e. The van der Waals surface area contributed by atoms with Gasteiger partial charge in [-0.3, -0.25) is 0 Å². The number of rotatable bonds is 6. The Morgan fingerprint density at radius 1 is 0.917 bits per heavy atom. The molecular formula is C27H40N2O6S. The van der Waals surface area contributed by atoms with Crippen LogP contribution in [0.4, 0.5) is 4.79 Å². The van der Waals surface area contributed by atoms with E-state index in [1.165, 1.54) is 0 Å². The molecule has 4 aliphatic rings. The molecule has 2 saturated carbocycles. The SMILES string of the molecule is Cc1nc(S(=O)(=O)C2CC2)ccc1OC1CCC(OC2C[C@H]3CC[C@@H](C2)N3C(=O)OC(C)(C)C)CC1. The number of piperidine rings is 1. The van der Waals surface area contributed by atoms with Gasteiger partial charge in [0.05, 0.1) is 29.3 Å². The van der Waals surface area contributed by atoms with Gasteiger partial charge in [-0.05, 0) is 104 Å². The number of ether oxygens (including phenoxy) is 3. The fourth-order valence-electron chi connectivity index (χ4n) is 5.95. The Labute approximate surface area is 215 Å². The normalized spacial score (nSPS) is 30.8. The van der Waals surface area contributed by atoms with E-state index in [-0.39, 0.29) is 46.8 Å². The maximum atomic E-state index is 12.7. The molecular weight excluding hydrogens is 480 g/mol. The van der Waals surface area contributed by atoms with Gasteiger partial charge in [0.25, 0.3) is 0 Å². The van der Waals surface area contributed by atoms with Crippen LogP contribution in [0.2, 0.25) is 0 Å². The van der Waals surface area contributed by atoms with Gasteiger partial charge >= 0.3 is 6.09 Å². The summed E-state index contributed by atoms with van der Waals surface area (Å²) in [5.74, 6) is 0.667. The van der Waals surface area contributed by atoms with E-state index < -0.39 is 15.4 Å². The lowest BCUT2D eigenvalue weighted by molar-refractivity contribution is -0.0813. The van der Waals surface area contributed by atoms with Crippen LogP contribution >= 0.6 is 0 Å². The van der Waals surface area contributed by atoms with Crippen LogP contribution in [0.15, 0.2) is 17.2 Å². The largest absolute Gasteiger partial charge is 0.489 e. The van der Waals surface area contributed by atoms with Crippen molar-refractivity contribution in [3.8, 4) is 5.75 Å².